The summed E-state index contributed by atoms with van der Waals surface area (Å²) in [6, 6.07) is 35.3. The molecule has 186 valence electrons. The summed E-state index contributed by atoms with van der Waals surface area (Å²) >= 11 is 0. The summed E-state index contributed by atoms with van der Waals surface area (Å²) in [5.41, 5.74) is 8.76. The fourth-order valence-corrected chi connectivity index (χ4v) is 4.34. The van der Waals surface area contributed by atoms with Crippen molar-refractivity contribution in [3.8, 4) is 0 Å². The highest BCUT2D eigenvalue weighted by Crippen LogP contribution is 2.19. The second kappa shape index (κ2) is 11.8. The first-order valence-electron chi connectivity index (χ1n) is 12.3. The van der Waals surface area contributed by atoms with Crippen LogP contribution < -0.4 is 10.9 Å². The first kappa shape index (κ1) is 24.6. The van der Waals surface area contributed by atoms with E-state index >= 15 is 0 Å². The number of nitrogens with one attached hydrogen (secondary N) is 2. The van der Waals surface area contributed by atoms with Crippen molar-refractivity contribution in [2.24, 2.45) is 10.2 Å². The zero-order valence-electron chi connectivity index (χ0n) is 20.7. The zero-order chi connectivity index (χ0) is 26.2. The fourth-order valence-electron chi connectivity index (χ4n) is 4.34. The molecule has 0 radical (unpaired) electrons. The van der Waals surface area contributed by atoms with E-state index in [2.05, 4.69) is 21.1 Å². The predicted octanol–water partition coefficient (Wildman–Crippen LogP) is 5.38. The van der Waals surface area contributed by atoms with Gasteiger partial charge >= 0.3 is 0 Å². The van der Waals surface area contributed by atoms with Crippen LogP contribution in [0.1, 0.15) is 22.3 Å². The molecule has 0 aliphatic carbocycles. The molecular formula is C32H26N4O2. The van der Waals surface area contributed by atoms with Crippen molar-refractivity contribution in [3.63, 3.8) is 0 Å². The molecule has 6 heteroatoms. The van der Waals surface area contributed by atoms with Gasteiger partial charge in [-0.3, -0.25) is 9.59 Å². The molecule has 2 N–H and O–H groups in total. The first-order valence-corrected chi connectivity index (χ1v) is 12.3. The number of nitrogens with zero attached hydrogens (tertiary/aromatic N) is 2. The van der Waals surface area contributed by atoms with Crippen molar-refractivity contribution in [1.82, 2.24) is 10.9 Å². The lowest BCUT2D eigenvalue weighted by molar-refractivity contribution is -0.121. The van der Waals surface area contributed by atoms with Crippen LogP contribution in [0.4, 0.5) is 0 Å². The molecule has 5 rings (SSSR count). The monoisotopic (exact) mass is 498 g/mol. The van der Waals surface area contributed by atoms with Gasteiger partial charge in [0.05, 0.1) is 25.3 Å². The van der Waals surface area contributed by atoms with E-state index in [0.717, 1.165) is 43.8 Å². The molecule has 5 aromatic carbocycles. The molecule has 0 aromatic heterocycles. The Morgan fingerprint density at radius 2 is 0.921 bits per heavy atom. The quantitative estimate of drug-likeness (QED) is 0.222. The van der Waals surface area contributed by atoms with Crippen molar-refractivity contribution in [1.29, 1.82) is 0 Å². The second-order valence-corrected chi connectivity index (χ2v) is 8.88. The maximum absolute atomic E-state index is 12.4. The minimum atomic E-state index is -0.180. The zero-order valence-corrected chi connectivity index (χ0v) is 20.7. The van der Waals surface area contributed by atoms with Crippen LogP contribution >= 0.6 is 0 Å². The van der Waals surface area contributed by atoms with Crippen LogP contribution in [0.3, 0.4) is 0 Å². The van der Waals surface area contributed by atoms with Gasteiger partial charge in [0, 0.05) is 0 Å². The van der Waals surface area contributed by atoms with Crippen molar-refractivity contribution < 1.29 is 9.59 Å². The number of hydrogen-bond acceptors (Lipinski definition) is 4. The van der Waals surface area contributed by atoms with E-state index < -0.39 is 0 Å². The average molecular weight is 499 g/mol. The summed E-state index contributed by atoms with van der Waals surface area (Å²) in [6.45, 7) is 0. The van der Waals surface area contributed by atoms with Gasteiger partial charge < -0.3 is 0 Å². The Bertz CT molecular complexity index is 1520. The van der Waals surface area contributed by atoms with Crippen LogP contribution in [0.25, 0.3) is 21.5 Å². The highest BCUT2D eigenvalue weighted by atomic mass is 16.2. The topological polar surface area (TPSA) is 82.9 Å². The predicted molar refractivity (Wildman–Crippen MR) is 153 cm³/mol. The third kappa shape index (κ3) is 6.17. The molecule has 0 saturated carbocycles. The van der Waals surface area contributed by atoms with Crippen LogP contribution in [0.5, 0.6) is 0 Å². The number of benzene rings is 5. The van der Waals surface area contributed by atoms with Gasteiger partial charge in [0.15, 0.2) is 0 Å². The standard InChI is InChI=1S/C32H26N4O2/c37-31(19-27-11-5-9-25-7-1-3-13-29(25)27)35-33-21-23-15-17-24(18-16-23)22-34-36-32(38)20-28-12-6-10-26-8-2-4-14-30(26)28/h1-18,21-22H,19-20H2,(H,35,37)(H,36,38)/b33-21+,34-22+. The molecule has 0 aliphatic rings. The Morgan fingerprint density at radius 3 is 1.37 bits per heavy atom. The fraction of sp³-hybridized carbons (Fsp3) is 0.0625. The summed E-state index contributed by atoms with van der Waals surface area (Å²) in [5.74, 6) is -0.360. The Kier molecular flexibility index (Phi) is 7.61. The third-order valence-corrected chi connectivity index (χ3v) is 6.20. The van der Waals surface area contributed by atoms with Crippen LogP contribution in [-0.4, -0.2) is 24.2 Å². The molecule has 38 heavy (non-hydrogen) atoms. The number of rotatable bonds is 8. The molecule has 0 unspecified atom stereocenters. The Morgan fingerprint density at radius 1 is 0.526 bits per heavy atom. The maximum atomic E-state index is 12.4. The molecule has 0 bridgehead atoms. The number of amides is 2. The van der Waals surface area contributed by atoms with E-state index in [1.165, 1.54) is 0 Å². The smallest absolute Gasteiger partial charge is 0.244 e. The number of fused-ring (bicyclic) bond motifs is 2. The minimum absolute atomic E-state index is 0.180. The van der Waals surface area contributed by atoms with Gasteiger partial charge in [0.2, 0.25) is 11.8 Å². The van der Waals surface area contributed by atoms with E-state index in [0.29, 0.717) is 0 Å². The summed E-state index contributed by atoms with van der Waals surface area (Å²) < 4.78 is 0. The maximum Gasteiger partial charge on any atom is 0.244 e. The number of hydrogen-bond donors (Lipinski definition) is 2. The lowest BCUT2D eigenvalue weighted by Crippen LogP contribution is -2.20. The van der Waals surface area contributed by atoms with Crippen LogP contribution in [0, 0.1) is 0 Å². The minimum Gasteiger partial charge on any atom is -0.273 e. The van der Waals surface area contributed by atoms with E-state index in [1.807, 2.05) is 109 Å². The highest BCUT2D eigenvalue weighted by molar-refractivity contribution is 5.92. The van der Waals surface area contributed by atoms with Gasteiger partial charge in [-0.15, -0.1) is 0 Å². The van der Waals surface area contributed by atoms with Crippen molar-refractivity contribution >= 4 is 45.8 Å². The SMILES string of the molecule is O=C(Cc1cccc2ccccc12)N/N=C/c1ccc(/C=N/NC(=O)Cc2cccc3ccccc23)cc1. The lowest BCUT2D eigenvalue weighted by atomic mass is 10.0. The first-order chi connectivity index (χ1) is 18.7. The molecular weight excluding hydrogens is 472 g/mol. The Balaban J connectivity index is 1.11. The molecule has 2 amide bonds. The Hall–Kier alpha value is -5.10. The van der Waals surface area contributed by atoms with Gasteiger partial charge in [0.25, 0.3) is 0 Å². The van der Waals surface area contributed by atoms with Crippen molar-refractivity contribution in [2.45, 2.75) is 12.8 Å². The number of hydrazone groups is 2. The normalized spacial score (nSPS) is 11.4. The molecule has 6 nitrogen and oxygen atoms in total. The van der Waals surface area contributed by atoms with Crippen LogP contribution in [0.2, 0.25) is 0 Å². The third-order valence-electron chi connectivity index (χ3n) is 6.20. The largest absolute Gasteiger partial charge is 0.273 e. The van der Waals surface area contributed by atoms with Gasteiger partial charge in [-0.2, -0.15) is 10.2 Å². The summed E-state index contributed by atoms with van der Waals surface area (Å²) in [6.07, 6.45) is 3.68. The summed E-state index contributed by atoms with van der Waals surface area (Å²) in [4.78, 5) is 24.8. The van der Waals surface area contributed by atoms with E-state index in [4.69, 9.17) is 0 Å². The van der Waals surface area contributed by atoms with E-state index in [1.54, 1.807) is 12.4 Å². The molecule has 0 spiro atoms. The summed E-state index contributed by atoms with van der Waals surface area (Å²) in [7, 11) is 0. The van der Waals surface area contributed by atoms with Gasteiger partial charge in [-0.25, -0.2) is 10.9 Å². The second-order valence-electron chi connectivity index (χ2n) is 8.88. The van der Waals surface area contributed by atoms with Gasteiger partial charge in [-0.1, -0.05) is 109 Å². The van der Waals surface area contributed by atoms with Gasteiger partial charge in [0.1, 0.15) is 0 Å². The Labute approximate surface area is 220 Å². The molecule has 0 fully saturated rings. The van der Waals surface area contributed by atoms with Crippen LogP contribution in [-0.2, 0) is 22.4 Å². The molecule has 0 atom stereocenters. The average Bonchev–Trinajstić information content (AvgIpc) is 2.94. The molecule has 0 heterocycles. The lowest BCUT2D eigenvalue weighted by Gasteiger charge is -2.05. The van der Waals surface area contributed by atoms with E-state index in [9.17, 15) is 9.59 Å². The number of carbonyl (C=O) groups is 2. The van der Waals surface area contributed by atoms with Crippen molar-refractivity contribution in [2.75, 3.05) is 0 Å². The van der Waals surface area contributed by atoms with Crippen molar-refractivity contribution in [3.05, 3.63) is 131 Å². The van der Waals surface area contributed by atoms with Crippen LogP contribution in [0.15, 0.2) is 119 Å². The molecule has 5 aromatic rings. The summed E-state index contributed by atoms with van der Waals surface area (Å²) in [5, 5.41) is 12.5. The van der Waals surface area contributed by atoms with E-state index in [-0.39, 0.29) is 24.7 Å². The molecule has 0 aliphatic heterocycles. The van der Waals surface area contributed by atoms with Gasteiger partial charge in [-0.05, 0) is 43.8 Å². The number of carbonyl (C=O) groups excluding carboxylic acids is 2. The highest BCUT2D eigenvalue weighted by Gasteiger charge is 2.07. The molecule has 0 saturated heterocycles.